The van der Waals surface area contributed by atoms with Crippen LogP contribution in [0.15, 0.2) is 23.2 Å². The van der Waals surface area contributed by atoms with Gasteiger partial charge in [-0.1, -0.05) is 13.0 Å². The van der Waals surface area contributed by atoms with Gasteiger partial charge in [0.1, 0.15) is 5.82 Å². The first-order valence-corrected chi connectivity index (χ1v) is 12.2. The molecule has 2 N–H and O–H groups in total. The maximum atomic E-state index is 14.8. The van der Waals surface area contributed by atoms with Crippen molar-refractivity contribution in [3.8, 4) is 0 Å². The van der Waals surface area contributed by atoms with Crippen molar-refractivity contribution in [2.45, 2.75) is 58.2 Å². The largest absolute Gasteiger partial charge is 0.367 e. The molecule has 4 rings (SSSR count). The monoisotopic (exact) mass is 430 g/mol. The van der Waals surface area contributed by atoms with Gasteiger partial charge in [0.2, 0.25) is 0 Å². The van der Waals surface area contributed by atoms with Crippen molar-refractivity contribution in [1.82, 2.24) is 20.4 Å². The van der Waals surface area contributed by atoms with Gasteiger partial charge in [0, 0.05) is 57.9 Å². The average Bonchev–Trinajstić information content (AvgIpc) is 3.64. The van der Waals surface area contributed by atoms with Gasteiger partial charge in [-0.3, -0.25) is 0 Å². The third-order valence-electron chi connectivity index (χ3n) is 6.87. The molecular formula is C24H39FN6. The molecule has 2 heterocycles. The molecule has 1 aromatic rings. The Morgan fingerprint density at radius 1 is 1.03 bits per heavy atom. The minimum Gasteiger partial charge on any atom is -0.367 e. The highest BCUT2D eigenvalue weighted by molar-refractivity contribution is 5.80. The lowest BCUT2D eigenvalue weighted by Crippen LogP contribution is -2.49. The molecule has 1 saturated carbocycles. The van der Waals surface area contributed by atoms with E-state index in [1.807, 2.05) is 12.1 Å². The van der Waals surface area contributed by atoms with Crippen LogP contribution in [0.5, 0.6) is 0 Å². The second kappa shape index (κ2) is 10.6. The van der Waals surface area contributed by atoms with Crippen LogP contribution in [-0.4, -0.2) is 80.2 Å². The number of piperazine rings is 1. The van der Waals surface area contributed by atoms with E-state index >= 15 is 0 Å². The number of benzene rings is 1. The number of likely N-dealkylation sites (tertiary alicyclic amines) is 1. The molecule has 0 radical (unpaired) electrons. The van der Waals surface area contributed by atoms with Crippen molar-refractivity contribution in [3.05, 3.63) is 29.6 Å². The number of rotatable bonds is 7. The van der Waals surface area contributed by atoms with E-state index in [4.69, 9.17) is 4.99 Å². The topological polar surface area (TPSA) is 46.1 Å². The fourth-order valence-corrected chi connectivity index (χ4v) is 4.74. The lowest BCUT2D eigenvalue weighted by Gasteiger charge is -2.35. The summed E-state index contributed by atoms with van der Waals surface area (Å²) in [5.41, 5.74) is 1.63. The molecule has 0 unspecified atom stereocenters. The number of guanidine groups is 1. The van der Waals surface area contributed by atoms with E-state index in [2.05, 4.69) is 39.2 Å². The predicted octanol–water partition coefficient (Wildman–Crippen LogP) is 2.65. The van der Waals surface area contributed by atoms with Crippen LogP contribution in [-0.2, 0) is 6.54 Å². The predicted molar refractivity (Wildman–Crippen MR) is 126 cm³/mol. The molecule has 7 heteroatoms. The molecule has 0 amide bonds. The van der Waals surface area contributed by atoms with Crippen molar-refractivity contribution in [2.75, 3.05) is 57.3 Å². The Balaban J connectivity index is 1.31. The van der Waals surface area contributed by atoms with Gasteiger partial charge in [0.05, 0.1) is 12.2 Å². The summed E-state index contributed by atoms with van der Waals surface area (Å²) in [6.45, 7) is 12.8. The Kier molecular flexibility index (Phi) is 7.67. The SMILES string of the molecule is CCNC(=NCc1ccc(N2CCN(CC)CC2)c(F)c1)NC1CCN(C2CC2)CC1. The van der Waals surface area contributed by atoms with E-state index in [0.29, 0.717) is 12.6 Å². The first-order valence-electron chi connectivity index (χ1n) is 12.2. The van der Waals surface area contributed by atoms with Crippen LogP contribution >= 0.6 is 0 Å². The van der Waals surface area contributed by atoms with E-state index < -0.39 is 0 Å². The number of hydrogen-bond donors (Lipinski definition) is 2. The number of nitrogens with one attached hydrogen (secondary N) is 2. The van der Waals surface area contributed by atoms with Gasteiger partial charge in [-0.05, 0) is 56.8 Å². The van der Waals surface area contributed by atoms with Gasteiger partial charge < -0.3 is 25.3 Å². The summed E-state index contributed by atoms with van der Waals surface area (Å²) in [6, 6.07) is 6.93. The average molecular weight is 431 g/mol. The summed E-state index contributed by atoms with van der Waals surface area (Å²) < 4.78 is 14.8. The van der Waals surface area contributed by atoms with E-state index in [1.54, 1.807) is 6.07 Å². The normalized spacial score (nSPS) is 22.0. The van der Waals surface area contributed by atoms with Crippen LogP contribution in [0.3, 0.4) is 0 Å². The Labute approximate surface area is 186 Å². The molecule has 172 valence electrons. The quantitative estimate of drug-likeness (QED) is 0.514. The van der Waals surface area contributed by atoms with Gasteiger partial charge in [-0.2, -0.15) is 0 Å². The Morgan fingerprint density at radius 3 is 2.39 bits per heavy atom. The highest BCUT2D eigenvalue weighted by atomic mass is 19.1. The van der Waals surface area contributed by atoms with E-state index in [9.17, 15) is 4.39 Å². The minimum absolute atomic E-state index is 0.136. The zero-order chi connectivity index (χ0) is 21.6. The molecule has 0 atom stereocenters. The summed E-state index contributed by atoms with van der Waals surface area (Å²) in [6.07, 6.45) is 5.09. The lowest BCUT2D eigenvalue weighted by atomic mass is 10.1. The second-order valence-electron chi connectivity index (χ2n) is 9.09. The molecule has 1 aromatic carbocycles. The lowest BCUT2D eigenvalue weighted by molar-refractivity contribution is 0.197. The van der Waals surface area contributed by atoms with Gasteiger partial charge >= 0.3 is 0 Å². The minimum atomic E-state index is -0.136. The molecule has 31 heavy (non-hydrogen) atoms. The number of likely N-dealkylation sites (N-methyl/N-ethyl adjacent to an activating group) is 1. The number of hydrogen-bond acceptors (Lipinski definition) is 4. The second-order valence-corrected chi connectivity index (χ2v) is 9.09. The third kappa shape index (κ3) is 6.10. The molecular weight excluding hydrogens is 391 g/mol. The van der Waals surface area contributed by atoms with E-state index in [-0.39, 0.29) is 5.82 Å². The zero-order valence-electron chi connectivity index (χ0n) is 19.2. The van der Waals surface area contributed by atoms with Crippen LogP contribution in [0, 0.1) is 5.82 Å². The summed E-state index contributed by atoms with van der Waals surface area (Å²) in [5, 5.41) is 6.95. The highest BCUT2D eigenvalue weighted by Crippen LogP contribution is 2.29. The number of halogens is 1. The Bertz CT molecular complexity index is 734. The number of anilines is 1. The smallest absolute Gasteiger partial charge is 0.191 e. The van der Waals surface area contributed by atoms with Crippen molar-refractivity contribution < 1.29 is 4.39 Å². The van der Waals surface area contributed by atoms with Crippen LogP contribution in [0.4, 0.5) is 10.1 Å². The van der Waals surface area contributed by atoms with Gasteiger partial charge in [-0.25, -0.2) is 9.38 Å². The van der Waals surface area contributed by atoms with Crippen molar-refractivity contribution in [1.29, 1.82) is 0 Å². The summed E-state index contributed by atoms with van der Waals surface area (Å²) >= 11 is 0. The van der Waals surface area contributed by atoms with Gasteiger partial charge in [-0.15, -0.1) is 0 Å². The summed E-state index contributed by atoms with van der Waals surface area (Å²) in [4.78, 5) is 11.9. The molecule has 6 nitrogen and oxygen atoms in total. The van der Waals surface area contributed by atoms with Crippen molar-refractivity contribution in [3.63, 3.8) is 0 Å². The number of nitrogens with zero attached hydrogens (tertiary/aromatic N) is 4. The van der Waals surface area contributed by atoms with E-state index in [1.165, 1.54) is 25.9 Å². The first-order chi connectivity index (χ1) is 15.2. The summed E-state index contributed by atoms with van der Waals surface area (Å²) in [5.74, 6) is 0.704. The van der Waals surface area contributed by atoms with Gasteiger partial charge in [0.15, 0.2) is 5.96 Å². The Hall–Kier alpha value is -1.86. The molecule has 3 aliphatic rings. The third-order valence-corrected chi connectivity index (χ3v) is 6.87. The molecule has 2 saturated heterocycles. The molecule has 0 aromatic heterocycles. The van der Waals surface area contributed by atoms with Crippen LogP contribution in [0.1, 0.15) is 45.1 Å². The maximum Gasteiger partial charge on any atom is 0.191 e. The fourth-order valence-electron chi connectivity index (χ4n) is 4.74. The summed E-state index contributed by atoms with van der Waals surface area (Å²) in [7, 11) is 0. The zero-order valence-corrected chi connectivity index (χ0v) is 19.2. The molecule has 1 aliphatic carbocycles. The molecule has 0 bridgehead atoms. The maximum absolute atomic E-state index is 14.8. The molecule has 2 aliphatic heterocycles. The Morgan fingerprint density at radius 2 is 1.77 bits per heavy atom. The number of aliphatic imine (C=N–C) groups is 1. The van der Waals surface area contributed by atoms with Crippen LogP contribution < -0.4 is 15.5 Å². The van der Waals surface area contributed by atoms with Gasteiger partial charge in [0.25, 0.3) is 0 Å². The van der Waals surface area contributed by atoms with Crippen molar-refractivity contribution in [2.24, 2.45) is 4.99 Å². The standard InChI is InChI=1S/C24H39FN6/c1-3-26-24(28-20-9-11-30(12-10-20)21-6-7-21)27-18-19-5-8-23(22(25)17-19)31-15-13-29(4-2)14-16-31/h5,8,17,20-21H,3-4,6-7,9-16,18H2,1-2H3,(H2,26,27,28). The molecule has 0 spiro atoms. The van der Waals surface area contributed by atoms with E-state index in [0.717, 1.165) is 75.4 Å². The highest BCUT2D eigenvalue weighted by Gasteiger charge is 2.31. The van der Waals surface area contributed by atoms with Crippen molar-refractivity contribution >= 4 is 11.6 Å². The van der Waals surface area contributed by atoms with Crippen LogP contribution in [0.25, 0.3) is 0 Å². The first kappa shape index (κ1) is 22.3. The fraction of sp³-hybridized carbons (Fsp3) is 0.708. The molecule has 3 fully saturated rings. The van der Waals surface area contributed by atoms with Crippen LogP contribution in [0.2, 0.25) is 0 Å². The number of piperidine rings is 1.